The maximum atomic E-state index is 12.4. The lowest BCUT2D eigenvalue weighted by atomic mass is 10.1. The van der Waals surface area contributed by atoms with E-state index in [0.29, 0.717) is 16.8 Å². The van der Waals surface area contributed by atoms with Crippen LogP contribution in [0.15, 0.2) is 12.1 Å². The summed E-state index contributed by atoms with van der Waals surface area (Å²) in [6.45, 7) is 4.83. The molecule has 0 saturated carbocycles. The number of aromatic nitrogens is 1. The molecule has 2 rings (SSSR count). The molecule has 0 N–H and O–H groups in total. The molecule has 0 aromatic carbocycles. The topological polar surface area (TPSA) is 33.2 Å². The number of likely N-dealkylation sites (tertiary alicyclic amines) is 1. The number of hydrogen-bond donors (Lipinski definition) is 0. The fraction of sp³-hybridized carbons (Fsp3) is 0.538. The summed E-state index contributed by atoms with van der Waals surface area (Å²) in [6.07, 6.45) is 3.23. The Bertz CT molecular complexity index is 413. The second kappa shape index (κ2) is 5.05. The van der Waals surface area contributed by atoms with Crippen molar-refractivity contribution in [3.8, 4) is 0 Å². The van der Waals surface area contributed by atoms with Gasteiger partial charge in [-0.1, -0.05) is 18.5 Å². The first-order valence-electron chi connectivity index (χ1n) is 6.07. The number of aryl methyl sites for hydroxylation is 1. The van der Waals surface area contributed by atoms with Crippen LogP contribution in [0.2, 0.25) is 5.15 Å². The molecule has 0 radical (unpaired) electrons. The minimum Gasteiger partial charge on any atom is -0.336 e. The molecule has 1 aromatic heterocycles. The Labute approximate surface area is 107 Å². The van der Waals surface area contributed by atoms with E-state index >= 15 is 0 Å². The van der Waals surface area contributed by atoms with Crippen molar-refractivity contribution < 1.29 is 4.79 Å². The third kappa shape index (κ3) is 2.60. The summed E-state index contributed by atoms with van der Waals surface area (Å²) >= 11 is 5.89. The molecule has 1 saturated heterocycles. The van der Waals surface area contributed by atoms with Gasteiger partial charge in [-0.05, 0) is 38.3 Å². The van der Waals surface area contributed by atoms with Crippen LogP contribution < -0.4 is 0 Å². The lowest BCUT2D eigenvalue weighted by Gasteiger charge is -2.23. The van der Waals surface area contributed by atoms with Crippen LogP contribution in [0.3, 0.4) is 0 Å². The zero-order valence-electron chi connectivity index (χ0n) is 10.2. The van der Waals surface area contributed by atoms with E-state index in [1.165, 1.54) is 0 Å². The van der Waals surface area contributed by atoms with Gasteiger partial charge in [0.05, 0.1) is 0 Å². The second-order valence-electron chi connectivity index (χ2n) is 4.52. The van der Waals surface area contributed by atoms with E-state index in [4.69, 9.17) is 11.6 Å². The quantitative estimate of drug-likeness (QED) is 0.758. The first kappa shape index (κ1) is 12.4. The number of hydrogen-bond acceptors (Lipinski definition) is 2. The summed E-state index contributed by atoms with van der Waals surface area (Å²) in [4.78, 5) is 18.4. The average molecular weight is 253 g/mol. The van der Waals surface area contributed by atoms with Crippen molar-refractivity contribution >= 4 is 17.5 Å². The lowest BCUT2D eigenvalue weighted by molar-refractivity contribution is 0.0733. The highest BCUT2D eigenvalue weighted by Crippen LogP contribution is 2.23. The molecule has 1 atom stereocenters. The van der Waals surface area contributed by atoms with Gasteiger partial charge in [0.25, 0.3) is 5.91 Å². The number of carbonyl (C=O) groups is 1. The molecule has 0 aliphatic carbocycles. The van der Waals surface area contributed by atoms with E-state index in [9.17, 15) is 4.79 Å². The van der Waals surface area contributed by atoms with E-state index in [1.54, 1.807) is 12.1 Å². The van der Waals surface area contributed by atoms with Crippen molar-refractivity contribution in [2.24, 2.45) is 0 Å². The molecular formula is C13H17ClN2O. The fourth-order valence-electron chi connectivity index (χ4n) is 2.44. The Morgan fingerprint density at radius 3 is 3.00 bits per heavy atom. The molecule has 0 spiro atoms. The number of carbonyl (C=O) groups excluding carboxylic acids is 1. The lowest BCUT2D eigenvalue weighted by Crippen LogP contribution is -2.35. The van der Waals surface area contributed by atoms with Crippen molar-refractivity contribution in [2.45, 2.75) is 39.2 Å². The third-order valence-corrected chi connectivity index (χ3v) is 3.47. The number of amides is 1. The maximum absolute atomic E-state index is 12.4. The van der Waals surface area contributed by atoms with Crippen LogP contribution in [0.5, 0.6) is 0 Å². The van der Waals surface area contributed by atoms with Crippen LogP contribution in [-0.2, 0) is 0 Å². The van der Waals surface area contributed by atoms with Crippen LogP contribution >= 0.6 is 11.6 Å². The van der Waals surface area contributed by atoms with Gasteiger partial charge in [-0.15, -0.1) is 0 Å². The van der Waals surface area contributed by atoms with Crippen LogP contribution in [0.4, 0.5) is 0 Å². The first-order chi connectivity index (χ1) is 8.11. The smallest absolute Gasteiger partial charge is 0.254 e. The van der Waals surface area contributed by atoms with Crippen molar-refractivity contribution in [2.75, 3.05) is 6.54 Å². The fourth-order valence-corrected chi connectivity index (χ4v) is 2.70. The van der Waals surface area contributed by atoms with Crippen LogP contribution in [0.1, 0.15) is 42.2 Å². The standard InChI is InChI=1S/C13H17ClN2O/c1-3-11-5-4-6-16(11)13(17)10-7-9(2)15-12(14)8-10/h7-8,11H,3-6H2,1-2H3. The van der Waals surface area contributed by atoms with E-state index < -0.39 is 0 Å². The van der Waals surface area contributed by atoms with Gasteiger partial charge < -0.3 is 4.90 Å². The molecule has 1 aliphatic rings. The van der Waals surface area contributed by atoms with Gasteiger partial charge in [-0.3, -0.25) is 4.79 Å². The SMILES string of the molecule is CCC1CCCN1C(=O)c1cc(C)nc(Cl)c1. The van der Waals surface area contributed by atoms with Gasteiger partial charge >= 0.3 is 0 Å². The van der Waals surface area contributed by atoms with E-state index in [0.717, 1.165) is 31.5 Å². The molecule has 92 valence electrons. The molecule has 3 nitrogen and oxygen atoms in total. The summed E-state index contributed by atoms with van der Waals surface area (Å²) in [5.41, 5.74) is 1.44. The highest BCUT2D eigenvalue weighted by Gasteiger charge is 2.28. The molecular weight excluding hydrogens is 236 g/mol. The summed E-state index contributed by atoms with van der Waals surface area (Å²) in [6, 6.07) is 3.84. The number of pyridine rings is 1. The summed E-state index contributed by atoms with van der Waals surface area (Å²) in [5.74, 6) is 0.0850. The third-order valence-electron chi connectivity index (χ3n) is 3.28. The number of halogens is 1. The van der Waals surface area contributed by atoms with Gasteiger partial charge in [0.2, 0.25) is 0 Å². The van der Waals surface area contributed by atoms with Crippen molar-refractivity contribution in [3.63, 3.8) is 0 Å². The molecule has 1 amide bonds. The predicted molar refractivity (Wildman–Crippen MR) is 68.3 cm³/mol. The van der Waals surface area contributed by atoms with E-state index in [1.807, 2.05) is 11.8 Å². The molecule has 1 aliphatic heterocycles. The summed E-state index contributed by atoms with van der Waals surface area (Å²) in [5, 5.41) is 0.389. The van der Waals surface area contributed by atoms with Crippen molar-refractivity contribution in [1.82, 2.24) is 9.88 Å². The van der Waals surface area contributed by atoms with Gasteiger partial charge in [-0.2, -0.15) is 0 Å². The first-order valence-corrected chi connectivity index (χ1v) is 6.44. The monoisotopic (exact) mass is 252 g/mol. The molecule has 4 heteroatoms. The van der Waals surface area contributed by atoms with Crippen LogP contribution in [0.25, 0.3) is 0 Å². The molecule has 17 heavy (non-hydrogen) atoms. The molecule has 0 bridgehead atoms. The molecule has 2 heterocycles. The normalized spacial score (nSPS) is 19.7. The maximum Gasteiger partial charge on any atom is 0.254 e. The zero-order valence-corrected chi connectivity index (χ0v) is 11.0. The Balaban J connectivity index is 2.24. The highest BCUT2D eigenvalue weighted by molar-refractivity contribution is 6.29. The Hall–Kier alpha value is -1.09. The average Bonchev–Trinajstić information content (AvgIpc) is 2.74. The van der Waals surface area contributed by atoms with Crippen molar-refractivity contribution in [3.05, 3.63) is 28.5 Å². The predicted octanol–water partition coefficient (Wildman–Crippen LogP) is 3.06. The highest BCUT2D eigenvalue weighted by atomic mass is 35.5. The number of nitrogens with zero attached hydrogens (tertiary/aromatic N) is 2. The molecule has 1 fully saturated rings. The minimum atomic E-state index is 0.0850. The largest absolute Gasteiger partial charge is 0.336 e. The summed E-state index contributed by atoms with van der Waals surface area (Å²) in [7, 11) is 0. The van der Waals surface area contributed by atoms with E-state index in [2.05, 4.69) is 11.9 Å². The van der Waals surface area contributed by atoms with Gasteiger partial charge in [0, 0.05) is 23.8 Å². The molecule has 1 unspecified atom stereocenters. The van der Waals surface area contributed by atoms with E-state index in [-0.39, 0.29) is 5.91 Å². The van der Waals surface area contributed by atoms with Gasteiger partial charge in [0.1, 0.15) is 5.15 Å². The minimum absolute atomic E-state index is 0.0850. The van der Waals surface area contributed by atoms with Gasteiger partial charge in [-0.25, -0.2) is 4.98 Å². The summed E-state index contributed by atoms with van der Waals surface area (Å²) < 4.78 is 0. The Morgan fingerprint density at radius 1 is 1.59 bits per heavy atom. The zero-order chi connectivity index (χ0) is 12.4. The van der Waals surface area contributed by atoms with Crippen LogP contribution in [-0.4, -0.2) is 28.4 Å². The second-order valence-corrected chi connectivity index (χ2v) is 4.91. The number of rotatable bonds is 2. The Morgan fingerprint density at radius 2 is 2.35 bits per heavy atom. The van der Waals surface area contributed by atoms with Crippen molar-refractivity contribution in [1.29, 1.82) is 0 Å². The van der Waals surface area contributed by atoms with Crippen LogP contribution in [0, 0.1) is 6.92 Å². The Kier molecular flexibility index (Phi) is 3.67. The molecule has 1 aromatic rings. The van der Waals surface area contributed by atoms with Gasteiger partial charge in [0.15, 0.2) is 0 Å².